The predicted octanol–water partition coefficient (Wildman–Crippen LogP) is 3.57. The maximum atomic E-state index is 12.1. The first-order valence-corrected chi connectivity index (χ1v) is 8.12. The number of nitrogens with one attached hydrogen (secondary N) is 2. The second-order valence-electron chi connectivity index (χ2n) is 6.12. The quantitative estimate of drug-likeness (QED) is 0.910. The van der Waals surface area contributed by atoms with Crippen molar-refractivity contribution in [2.45, 2.75) is 18.9 Å². The minimum Gasteiger partial charge on any atom is -0.335 e. The lowest BCUT2D eigenvalue weighted by molar-refractivity contribution is 0.221. The number of urea groups is 1. The summed E-state index contributed by atoms with van der Waals surface area (Å²) in [6.07, 6.45) is 2.02. The summed E-state index contributed by atoms with van der Waals surface area (Å²) in [4.78, 5) is 14.4. The summed E-state index contributed by atoms with van der Waals surface area (Å²) < 4.78 is 0. The van der Waals surface area contributed by atoms with Crippen LogP contribution in [0.15, 0.2) is 54.6 Å². The smallest absolute Gasteiger partial charge is 0.319 e. The highest BCUT2D eigenvalue weighted by molar-refractivity contribution is 5.89. The van der Waals surface area contributed by atoms with Crippen LogP contribution in [0.5, 0.6) is 0 Å². The molecule has 2 aromatic carbocycles. The Labute approximate surface area is 137 Å². The van der Waals surface area contributed by atoms with Gasteiger partial charge < -0.3 is 15.5 Å². The monoisotopic (exact) mass is 309 g/mol. The Morgan fingerprint density at radius 1 is 0.957 bits per heavy atom. The van der Waals surface area contributed by atoms with Gasteiger partial charge in [-0.3, -0.25) is 0 Å². The van der Waals surface area contributed by atoms with Gasteiger partial charge in [-0.25, -0.2) is 4.79 Å². The van der Waals surface area contributed by atoms with E-state index in [1.807, 2.05) is 42.5 Å². The highest BCUT2D eigenvalue weighted by Gasteiger charge is 2.18. The lowest BCUT2D eigenvalue weighted by Gasteiger charge is -2.29. The summed E-state index contributed by atoms with van der Waals surface area (Å²) in [5.74, 6) is 0. The lowest BCUT2D eigenvalue weighted by Crippen LogP contribution is -2.44. The van der Waals surface area contributed by atoms with Crippen LogP contribution in [0.4, 0.5) is 10.5 Å². The average Bonchev–Trinajstić information content (AvgIpc) is 2.58. The molecule has 0 spiro atoms. The van der Waals surface area contributed by atoms with E-state index in [1.165, 1.54) is 5.56 Å². The number of anilines is 1. The molecule has 0 saturated carbocycles. The fraction of sp³-hybridized carbons (Fsp3) is 0.316. The number of amides is 2. The Morgan fingerprint density at radius 3 is 2.22 bits per heavy atom. The van der Waals surface area contributed by atoms with E-state index in [2.05, 4.69) is 34.7 Å². The summed E-state index contributed by atoms with van der Waals surface area (Å²) in [6.45, 7) is 2.08. The van der Waals surface area contributed by atoms with Crippen LogP contribution in [0, 0.1) is 0 Å². The van der Waals surface area contributed by atoms with Crippen molar-refractivity contribution in [3.63, 3.8) is 0 Å². The predicted molar refractivity (Wildman–Crippen MR) is 94.6 cm³/mol. The molecule has 2 N–H and O–H groups in total. The van der Waals surface area contributed by atoms with Crippen LogP contribution in [-0.4, -0.2) is 37.1 Å². The van der Waals surface area contributed by atoms with Crippen molar-refractivity contribution in [3.8, 4) is 11.1 Å². The van der Waals surface area contributed by atoms with Crippen molar-refractivity contribution < 1.29 is 4.79 Å². The molecule has 120 valence electrons. The molecule has 1 aliphatic heterocycles. The Kier molecular flexibility index (Phi) is 4.93. The van der Waals surface area contributed by atoms with Gasteiger partial charge in [0.2, 0.25) is 0 Å². The second kappa shape index (κ2) is 7.29. The molecule has 4 nitrogen and oxygen atoms in total. The number of rotatable bonds is 3. The van der Waals surface area contributed by atoms with Gasteiger partial charge in [0, 0.05) is 11.7 Å². The van der Waals surface area contributed by atoms with E-state index in [4.69, 9.17) is 0 Å². The summed E-state index contributed by atoms with van der Waals surface area (Å²) in [5, 5.41) is 5.97. The number of nitrogens with zero attached hydrogens (tertiary/aromatic N) is 1. The highest BCUT2D eigenvalue weighted by atomic mass is 16.2. The molecule has 0 bridgehead atoms. The normalized spacial score (nSPS) is 16.0. The first-order chi connectivity index (χ1) is 11.2. The fourth-order valence-electron chi connectivity index (χ4n) is 2.88. The van der Waals surface area contributed by atoms with Gasteiger partial charge in [-0.05, 0) is 56.2 Å². The molecule has 2 aromatic rings. The van der Waals surface area contributed by atoms with Crippen LogP contribution < -0.4 is 10.6 Å². The van der Waals surface area contributed by atoms with Crippen molar-refractivity contribution in [2.75, 3.05) is 25.5 Å². The van der Waals surface area contributed by atoms with E-state index in [0.29, 0.717) is 0 Å². The summed E-state index contributed by atoms with van der Waals surface area (Å²) in [6, 6.07) is 18.3. The van der Waals surface area contributed by atoms with Gasteiger partial charge in [0.25, 0.3) is 0 Å². The topological polar surface area (TPSA) is 44.4 Å². The molecule has 1 aliphatic rings. The summed E-state index contributed by atoms with van der Waals surface area (Å²) in [5.41, 5.74) is 3.14. The fourth-order valence-corrected chi connectivity index (χ4v) is 2.88. The van der Waals surface area contributed by atoms with Crippen molar-refractivity contribution in [3.05, 3.63) is 54.6 Å². The van der Waals surface area contributed by atoms with Crippen LogP contribution >= 0.6 is 0 Å². The molecular weight excluding hydrogens is 286 g/mol. The van der Waals surface area contributed by atoms with Crippen molar-refractivity contribution >= 4 is 11.7 Å². The number of piperidine rings is 1. The molecule has 1 heterocycles. The largest absolute Gasteiger partial charge is 0.335 e. The third-order valence-corrected chi connectivity index (χ3v) is 4.30. The van der Waals surface area contributed by atoms with E-state index in [9.17, 15) is 4.79 Å². The molecule has 0 aromatic heterocycles. The van der Waals surface area contributed by atoms with E-state index >= 15 is 0 Å². The van der Waals surface area contributed by atoms with Crippen LogP contribution in [0.3, 0.4) is 0 Å². The van der Waals surface area contributed by atoms with Gasteiger partial charge >= 0.3 is 6.03 Å². The molecule has 1 fully saturated rings. The molecule has 2 amide bonds. The minimum absolute atomic E-state index is 0.119. The summed E-state index contributed by atoms with van der Waals surface area (Å²) in [7, 11) is 2.12. The number of hydrogen-bond acceptors (Lipinski definition) is 2. The Bertz CT molecular complexity index is 631. The first-order valence-electron chi connectivity index (χ1n) is 8.12. The van der Waals surface area contributed by atoms with Crippen LogP contribution in [0.1, 0.15) is 12.8 Å². The van der Waals surface area contributed by atoms with E-state index in [-0.39, 0.29) is 12.1 Å². The van der Waals surface area contributed by atoms with Crippen molar-refractivity contribution in [1.29, 1.82) is 0 Å². The zero-order valence-corrected chi connectivity index (χ0v) is 13.5. The molecule has 3 rings (SSSR count). The SMILES string of the molecule is CN1CCC(NC(=O)Nc2ccc(-c3ccccc3)cc2)CC1. The van der Waals surface area contributed by atoms with Crippen molar-refractivity contribution in [2.24, 2.45) is 0 Å². The second-order valence-corrected chi connectivity index (χ2v) is 6.12. The van der Waals surface area contributed by atoms with Crippen LogP contribution in [0.2, 0.25) is 0 Å². The molecular formula is C19H23N3O. The van der Waals surface area contributed by atoms with Crippen molar-refractivity contribution in [1.82, 2.24) is 10.2 Å². The Balaban J connectivity index is 1.55. The number of carbonyl (C=O) groups excluding carboxylic acids is 1. The highest BCUT2D eigenvalue weighted by Crippen LogP contribution is 2.21. The van der Waals surface area contributed by atoms with Gasteiger partial charge in [0.05, 0.1) is 0 Å². The summed E-state index contributed by atoms with van der Waals surface area (Å²) >= 11 is 0. The molecule has 4 heteroatoms. The van der Waals surface area contributed by atoms with E-state index in [0.717, 1.165) is 37.2 Å². The lowest BCUT2D eigenvalue weighted by atomic mass is 10.1. The molecule has 0 atom stereocenters. The zero-order valence-electron chi connectivity index (χ0n) is 13.5. The van der Waals surface area contributed by atoms with E-state index < -0.39 is 0 Å². The minimum atomic E-state index is -0.119. The standard InChI is InChI=1S/C19H23N3O/c1-22-13-11-18(12-14-22)21-19(23)20-17-9-7-16(8-10-17)15-5-3-2-4-6-15/h2-10,18H,11-14H2,1H3,(H2,20,21,23). The molecule has 0 unspecified atom stereocenters. The van der Waals surface area contributed by atoms with Gasteiger partial charge in [-0.15, -0.1) is 0 Å². The van der Waals surface area contributed by atoms with Gasteiger partial charge in [0.1, 0.15) is 0 Å². The number of hydrogen-bond donors (Lipinski definition) is 2. The molecule has 0 aliphatic carbocycles. The first kappa shape index (κ1) is 15.6. The molecule has 0 radical (unpaired) electrons. The molecule has 23 heavy (non-hydrogen) atoms. The van der Waals surface area contributed by atoms with Gasteiger partial charge in [0.15, 0.2) is 0 Å². The van der Waals surface area contributed by atoms with Crippen LogP contribution in [-0.2, 0) is 0 Å². The maximum absolute atomic E-state index is 12.1. The zero-order chi connectivity index (χ0) is 16.1. The van der Waals surface area contributed by atoms with Gasteiger partial charge in [-0.1, -0.05) is 42.5 Å². The maximum Gasteiger partial charge on any atom is 0.319 e. The average molecular weight is 309 g/mol. The number of likely N-dealkylation sites (tertiary alicyclic amines) is 1. The van der Waals surface area contributed by atoms with Gasteiger partial charge in [-0.2, -0.15) is 0 Å². The Morgan fingerprint density at radius 2 is 1.57 bits per heavy atom. The number of benzene rings is 2. The molecule has 1 saturated heterocycles. The van der Waals surface area contributed by atoms with E-state index in [1.54, 1.807) is 0 Å². The Hall–Kier alpha value is -2.33. The number of carbonyl (C=O) groups is 1. The third kappa shape index (κ3) is 4.33. The third-order valence-electron chi connectivity index (χ3n) is 4.30. The van der Waals surface area contributed by atoms with Crippen LogP contribution in [0.25, 0.3) is 11.1 Å².